The largest absolute Gasteiger partial charge is 0.321 e. The van der Waals surface area contributed by atoms with Gasteiger partial charge < -0.3 is 5.32 Å². The summed E-state index contributed by atoms with van der Waals surface area (Å²) >= 11 is 7.16. The fraction of sp³-hybridized carbons (Fsp3) is 0.105. The fourth-order valence-electron chi connectivity index (χ4n) is 2.36. The second kappa shape index (κ2) is 8.99. The van der Waals surface area contributed by atoms with Crippen LogP contribution in [0.4, 0.5) is 10.8 Å². The van der Waals surface area contributed by atoms with Gasteiger partial charge in [-0.05, 0) is 37.6 Å². The molecular formula is C19H17Cl2N3O2S. The van der Waals surface area contributed by atoms with Crippen LogP contribution in [-0.4, -0.2) is 16.8 Å². The number of halogens is 2. The van der Waals surface area contributed by atoms with Crippen molar-refractivity contribution in [3.63, 3.8) is 0 Å². The van der Waals surface area contributed by atoms with Crippen LogP contribution in [0.3, 0.4) is 0 Å². The Labute approximate surface area is 172 Å². The topological polar surface area (TPSA) is 71.1 Å². The zero-order valence-electron chi connectivity index (χ0n) is 14.6. The van der Waals surface area contributed by atoms with E-state index in [1.165, 1.54) is 0 Å². The number of carbonyl (C=O) groups is 2. The Morgan fingerprint density at radius 3 is 2.33 bits per heavy atom. The normalized spacial score (nSPS) is 10.0. The number of amides is 2. The average Bonchev–Trinajstić information content (AvgIpc) is 2.97. The second-order valence-corrected chi connectivity index (χ2v) is 7.04. The molecule has 8 heteroatoms. The molecule has 2 N–H and O–H groups in total. The summed E-state index contributed by atoms with van der Waals surface area (Å²) in [4.78, 5) is 29.6. The molecule has 0 aliphatic carbocycles. The van der Waals surface area contributed by atoms with Crippen molar-refractivity contribution in [2.45, 2.75) is 13.8 Å². The Bertz CT molecular complexity index is 989. The molecule has 1 aromatic heterocycles. The van der Waals surface area contributed by atoms with Crippen LogP contribution in [0.5, 0.6) is 0 Å². The van der Waals surface area contributed by atoms with E-state index >= 15 is 0 Å². The van der Waals surface area contributed by atoms with Crippen LogP contribution in [0.25, 0.3) is 0 Å². The van der Waals surface area contributed by atoms with Crippen molar-refractivity contribution in [1.82, 2.24) is 4.98 Å². The van der Waals surface area contributed by atoms with Gasteiger partial charge in [0.15, 0.2) is 5.13 Å². The lowest BCUT2D eigenvalue weighted by Gasteiger charge is -2.06. The Morgan fingerprint density at radius 2 is 1.63 bits per heavy atom. The number of nitrogens with one attached hydrogen (secondary N) is 2. The molecular weight excluding hydrogens is 405 g/mol. The Kier molecular flexibility index (Phi) is 6.96. The van der Waals surface area contributed by atoms with Crippen LogP contribution in [0.2, 0.25) is 5.02 Å². The first-order chi connectivity index (χ1) is 12.5. The molecule has 0 radical (unpaired) electrons. The standard InChI is InChI=1S/C19H16ClN3O2S.ClH/c1-11-7-3-6-10-15(11)22-18(25)16-12(2)21-19(26-16)23-17(24)13-8-4-5-9-14(13)20;/h3-10H,1-2H3,(H,22,25)(H,21,23,24);1H. The van der Waals surface area contributed by atoms with E-state index < -0.39 is 0 Å². The summed E-state index contributed by atoms with van der Waals surface area (Å²) in [6.07, 6.45) is 0. The Balaban J connectivity index is 0.00000261. The van der Waals surface area contributed by atoms with Crippen LogP contribution < -0.4 is 10.6 Å². The van der Waals surface area contributed by atoms with Gasteiger partial charge in [0.25, 0.3) is 11.8 Å². The third-order valence-electron chi connectivity index (χ3n) is 3.74. The quantitative estimate of drug-likeness (QED) is 0.596. The van der Waals surface area contributed by atoms with E-state index in [9.17, 15) is 9.59 Å². The predicted molar refractivity (Wildman–Crippen MR) is 113 cm³/mol. The molecule has 2 aromatic carbocycles. The Hall–Kier alpha value is -2.41. The first-order valence-corrected chi connectivity index (χ1v) is 9.05. The van der Waals surface area contributed by atoms with Crippen molar-refractivity contribution in [1.29, 1.82) is 0 Å². The highest BCUT2D eigenvalue weighted by atomic mass is 35.5. The fourth-order valence-corrected chi connectivity index (χ4v) is 3.44. The van der Waals surface area contributed by atoms with E-state index in [1.54, 1.807) is 31.2 Å². The number of para-hydroxylation sites is 1. The number of aromatic nitrogens is 1. The number of thiazole rings is 1. The first-order valence-electron chi connectivity index (χ1n) is 7.86. The maximum Gasteiger partial charge on any atom is 0.267 e. The number of aryl methyl sites for hydroxylation is 2. The SMILES string of the molecule is Cc1ccccc1NC(=O)c1sc(NC(=O)c2ccccc2Cl)nc1C.Cl. The molecule has 5 nitrogen and oxygen atoms in total. The number of hydrogen-bond donors (Lipinski definition) is 2. The highest BCUT2D eigenvalue weighted by Gasteiger charge is 2.18. The minimum absolute atomic E-state index is 0. The van der Waals surface area contributed by atoms with Gasteiger partial charge in [0.05, 0.1) is 16.3 Å². The third kappa shape index (κ3) is 4.86. The molecule has 0 saturated carbocycles. The minimum atomic E-state index is -0.366. The summed E-state index contributed by atoms with van der Waals surface area (Å²) in [6.45, 7) is 3.65. The molecule has 27 heavy (non-hydrogen) atoms. The van der Waals surface area contributed by atoms with Crippen molar-refractivity contribution < 1.29 is 9.59 Å². The van der Waals surface area contributed by atoms with Crippen LogP contribution in [0, 0.1) is 13.8 Å². The maximum absolute atomic E-state index is 12.5. The molecule has 0 spiro atoms. The van der Waals surface area contributed by atoms with E-state index in [1.807, 2.05) is 31.2 Å². The summed E-state index contributed by atoms with van der Waals surface area (Å²) in [7, 11) is 0. The molecule has 1 heterocycles. The minimum Gasteiger partial charge on any atom is -0.321 e. The predicted octanol–water partition coefficient (Wildman–Crippen LogP) is 5.34. The monoisotopic (exact) mass is 421 g/mol. The van der Waals surface area contributed by atoms with E-state index in [4.69, 9.17) is 11.6 Å². The highest BCUT2D eigenvalue weighted by Crippen LogP contribution is 2.25. The van der Waals surface area contributed by atoms with Crippen LogP contribution in [0.15, 0.2) is 48.5 Å². The van der Waals surface area contributed by atoms with Gasteiger partial charge in [-0.15, -0.1) is 12.4 Å². The molecule has 0 atom stereocenters. The number of rotatable bonds is 4. The van der Waals surface area contributed by atoms with Gasteiger partial charge in [-0.1, -0.05) is 53.3 Å². The Morgan fingerprint density at radius 1 is 0.963 bits per heavy atom. The van der Waals surface area contributed by atoms with Gasteiger partial charge in [0.2, 0.25) is 0 Å². The third-order valence-corrected chi connectivity index (χ3v) is 5.14. The van der Waals surface area contributed by atoms with Gasteiger partial charge in [0.1, 0.15) is 4.88 Å². The van der Waals surface area contributed by atoms with Crippen LogP contribution in [0.1, 0.15) is 31.3 Å². The van der Waals surface area contributed by atoms with Crippen molar-refractivity contribution >= 4 is 58.0 Å². The summed E-state index contributed by atoms with van der Waals surface area (Å²) in [6, 6.07) is 14.3. The smallest absolute Gasteiger partial charge is 0.267 e. The molecule has 0 bridgehead atoms. The van der Waals surface area contributed by atoms with Gasteiger partial charge in [0, 0.05) is 5.69 Å². The number of nitrogens with zero attached hydrogens (tertiary/aromatic N) is 1. The van der Waals surface area contributed by atoms with Gasteiger partial charge in [-0.25, -0.2) is 4.98 Å². The second-order valence-electron chi connectivity index (χ2n) is 5.64. The summed E-state index contributed by atoms with van der Waals surface area (Å²) in [5, 5.41) is 6.27. The molecule has 2 amide bonds. The molecule has 0 aliphatic rings. The van der Waals surface area contributed by atoms with Crippen LogP contribution >= 0.6 is 35.3 Å². The molecule has 3 rings (SSSR count). The van der Waals surface area contributed by atoms with E-state index in [0.29, 0.717) is 26.3 Å². The number of hydrogen-bond acceptors (Lipinski definition) is 4. The van der Waals surface area contributed by atoms with Gasteiger partial charge >= 0.3 is 0 Å². The van der Waals surface area contributed by atoms with E-state index in [2.05, 4.69) is 15.6 Å². The molecule has 0 saturated heterocycles. The zero-order chi connectivity index (χ0) is 18.7. The lowest BCUT2D eigenvalue weighted by atomic mass is 10.2. The average molecular weight is 422 g/mol. The van der Waals surface area contributed by atoms with Crippen molar-refractivity contribution in [3.05, 3.63) is 75.3 Å². The highest BCUT2D eigenvalue weighted by molar-refractivity contribution is 7.17. The maximum atomic E-state index is 12.5. The lowest BCUT2D eigenvalue weighted by molar-refractivity contribution is 0.102. The number of anilines is 2. The summed E-state index contributed by atoms with van der Waals surface area (Å²) in [5.74, 6) is -0.622. The molecule has 3 aromatic rings. The van der Waals surface area contributed by atoms with Gasteiger partial charge in [-0.3, -0.25) is 14.9 Å². The molecule has 140 valence electrons. The first kappa shape index (κ1) is 20.9. The molecule has 0 unspecified atom stereocenters. The van der Waals surface area contributed by atoms with E-state index in [-0.39, 0.29) is 24.2 Å². The van der Waals surface area contributed by atoms with Crippen molar-refractivity contribution in [2.24, 2.45) is 0 Å². The summed E-state index contributed by atoms with van der Waals surface area (Å²) < 4.78 is 0. The lowest BCUT2D eigenvalue weighted by Crippen LogP contribution is -2.12. The number of benzene rings is 2. The van der Waals surface area contributed by atoms with Crippen molar-refractivity contribution in [2.75, 3.05) is 10.6 Å². The van der Waals surface area contributed by atoms with Gasteiger partial charge in [-0.2, -0.15) is 0 Å². The molecule has 0 aliphatic heterocycles. The van der Waals surface area contributed by atoms with Crippen molar-refractivity contribution in [3.8, 4) is 0 Å². The zero-order valence-corrected chi connectivity index (χ0v) is 17.0. The summed E-state index contributed by atoms with van der Waals surface area (Å²) in [5.41, 5.74) is 2.62. The molecule has 0 fully saturated rings. The van der Waals surface area contributed by atoms with E-state index in [0.717, 1.165) is 22.6 Å². The number of carbonyl (C=O) groups excluding carboxylic acids is 2. The van der Waals surface area contributed by atoms with Crippen LogP contribution in [-0.2, 0) is 0 Å².